The van der Waals surface area contributed by atoms with Crippen LogP contribution in [0.5, 0.6) is 5.75 Å². The van der Waals surface area contributed by atoms with Gasteiger partial charge >= 0.3 is 0 Å². The van der Waals surface area contributed by atoms with E-state index >= 15 is 0 Å². The molecular weight excluding hydrogens is 323 g/mol. The molecule has 0 N–H and O–H groups in total. The van der Waals surface area contributed by atoms with Crippen molar-refractivity contribution >= 4 is 39.1 Å². The zero-order valence-corrected chi connectivity index (χ0v) is 11.9. The summed E-state index contributed by atoms with van der Waals surface area (Å²) < 4.78 is 6.41. The van der Waals surface area contributed by atoms with Crippen molar-refractivity contribution in [1.82, 2.24) is 0 Å². The van der Waals surface area contributed by atoms with E-state index in [4.69, 9.17) is 27.9 Å². The van der Waals surface area contributed by atoms with E-state index in [1.54, 1.807) is 12.1 Å². The molecule has 17 heavy (non-hydrogen) atoms. The summed E-state index contributed by atoms with van der Waals surface area (Å²) in [6.07, 6.45) is 0. The van der Waals surface area contributed by atoms with Gasteiger partial charge in [0.05, 0.1) is 10.0 Å². The van der Waals surface area contributed by atoms with Crippen molar-refractivity contribution in [2.45, 2.75) is 6.61 Å². The lowest BCUT2D eigenvalue weighted by atomic mass is 10.2. The molecule has 2 rings (SSSR count). The zero-order valence-electron chi connectivity index (χ0n) is 8.79. The fourth-order valence-corrected chi connectivity index (χ4v) is 2.11. The van der Waals surface area contributed by atoms with Crippen molar-refractivity contribution in [3.05, 3.63) is 62.5 Å². The second-order valence-electron chi connectivity index (χ2n) is 3.47. The van der Waals surface area contributed by atoms with Gasteiger partial charge in [-0.3, -0.25) is 0 Å². The van der Waals surface area contributed by atoms with Crippen molar-refractivity contribution in [1.29, 1.82) is 0 Å². The molecule has 0 fully saturated rings. The van der Waals surface area contributed by atoms with Crippen LogP contribution in [0, 0.1) is 0 Å². The van der Waals surface area contributed by atoms with Gasteiger partial charge in [-0.25, -0.2) is 0 Å². The van der Waals surface area contributed by atoms with Gasteiger partial charge in [-0.05, 0) is 33.6 Å². The molecule has 0 amide bonds. The molecule has 4 heteroatoms. The SMILES string of the molecule is Clc1cc(Cl)c(OCc2ccccc2)cc1Br. The lowest BCUT2D eigenvalue weighted by Gasteiger charge is -2.09. The first kappa shape index (κ1) is 12.7. The Morgan fingerprint density at radius 3 is 2.41 bits per heavy atom. The van der Waals surface area contributed by atoms with Crippen LogP contribution in [0.1, 0.15) is 5.56 Å². The third-order valence-electron chi connectivity index (χ3n) is 2.21. The fraction of sp³-hybridized carbons (Fsp3) is 0.0769. The van der Waals surface area contributed by atoms with Gasteiger partial charge in [0, 0.05) is 4.47 Å². The fourth-order valence-electron chi connectivity index (χ4n) is 1.35. The number of hydrogen-bond acceptors (Lipinski definition) is 1. The third-order valence-corrected chi connectivity index (χ3v) is 3.70. The maximum atomic E-state index is 6.04. The predicted molar refractivity (Wildman–Crippen MR) is 74.9 cm³/mol. The molecule has 0 saturated carbocycles. The Bertz CT molecular complexity index is 514. The topological polar surface area (TPSA) is 9.23 Å². The first-order valence-electron chi connectivity index (χ1n) is 4.98. The first-order chi connectivity index (χ1) is 8.16. The van der Waals surface area contributed by atoms with Crippen LogP contribution in [0.25, 0.3) is 0 Å². The third kappa shape index (κ3) is 3.38. The molecule has 0 saturated heterocycles. The molecule has 0 aliphatic carbocycles. The molecule has 0 aliphatic heterocycles. The van der Waals surface area contributed by atoms with E-state index in [1.165, 1.54) is 0 Å². The Labute approximate surface area is 118 Å². The van der Waals surface area contributed by atoms with Crippen molar-refractivity contribution in [3.8, 4) is 5.75 Å². The normalized spacial score (nSPS) is 10.3. The van der Waals surface area contributed by atoms with Crippen LogP contribution >= 0.6 is 39.1 Å². The Hall–Kier alpha value is -0.700. The van der Waals surface area contributed by atoms with Crippen LogP contribution in [0.15, 0.2) is 46.9 Å². The molecule has 0 unspecified atom stereocenters. The predicted octanol–water partition coefficient (Wildman–Crippen LogP) is 5.33. The van der Waals surface area contributed by atoms with E-state index in [-0.39, 0.29) is 0 Å². The van der Waals surface area contributed by atoms with Gasteiger partial charge in [-0.15, -0.1) is 0 Å². The van der Waals surface area contributed by atoms with Crippen molar-refractivity contribution in [2.24, 2.45) is 0 Å². The smallest absolute Gasteiger partial charge is 0.139 e. The summed E-state index contributed by atoms with van der Waals surface area (Å²) in [5.41, 5.74) is 1.09. The van der Waals surface area contributed by atoms with Crippen molar-refractivity contribution in [3.63, 3.8) is 0 Å². The number of rotatable bonds is 3. The minimum atomic E-state index is 0.481. The minimum absolute atomic E-state index is 0.481. The molecule has 2 aromatic carbocycles. The molecule has 0 aliphatic rings. The van der Waals surface area contributed by atoms with E-state index in [2.05, 4.69) is 15.9 Å². The van der Waals surface area contributed by atoms with E-state index in [9.17, 15) is 0 Å². The van der Waals surface area contributed by atoms with Gasteiger partial charge in [-0.1, -0.05) is 53.5 Å². The highest BCUT2D eigenvalue weighted by atomic mass is 79.9. The maximum Gasteiger partial charge on any atom is 0.139 e. The summed E-state index contributed by atoms with van der Waals surface area (Å²) in [5, 5.41) is 1.08. The second-order valence-corrected chi connectivity index (χ2v) is 5.14. The summed E-state index contributed by atoms with van der Waals surface area (Å²) in [6.45, 7) is 0.481. The molecule has 0 heterocycles. The number of benzene rings is 2. The summed E-state index contributed by atoms with van der Waals surface area (Å²) in [4.78, 5) is 0. The van der Waals surface area contributed by atoms with Crippen LogP contribution in [-0.4, -0.2) is 0 Å². The van der Waals surface area contributed by atoms with E-state index in [1.807, 2.05) is 30.3 Å². The lowest BCUT2D eigenvalue weighted by Crippen LogP contribution is -1.95. The molecule has 2 aromatic rings. The van der Waals surface area contributed by atoms with E-state index in [0.717, 1.165) is 10.0 Å². The molecule has 0 atom stereocenters. The van der Waals surface area contributed by atoms with E-state index in [0.29, 0.717) is 22.4 Å². The van der Waals surface area contributed by atoms with Crippen LogP contribution in [0.3, 0.4) is 0 Å². The number of halogens is 3. The molecule has 0 bridgehead atoms. The maximum absolute atomic E-state index is 6.04. The number of ether oxygens (including phenoxy) is 1. The van der Waals surface area contributed by atoms with Gasteiger partial charge in [0.1, 0.15) is 12.4 Å². The minimum Gasteiger partial charge on any atom is -0.487 e. The van der Waals surface area contributed by atoms with E-state index < -0.39 is 0 Å². The Morgan fingerprint density at radius 2 is 1.71 bits per heavy atom. The average molecular weight is 332 g/mol. The summed E-state index contributed by atoms with van der Waals surface area (Å²) in [7, 11) is 0. The highest BCUT2D eigenvalue weighted by molar-refractivity contribution is 9.10. The molecule has 1 nitrogen and oxygen atoms in total. The van der Waals surface area contributed by atoms with Crippen LogP contribution in [0.4, 0.5) is 0 Å². The summed E-state index contributed by atoms with van der Waals surface area (Å²) in [6, 6.07) is 13.3. The Kier molecular flexibility index (Phi) is 4.32. The van der Waals surface area contributed by atoms with Crippen LogP contribution < -0.4 is 4.74 Å². The van der Waals surface area contributed by atoms with Gasteiger partial charge in [0.25, 0.3) is 0 Å². The first-order valence-corrected chi connectivity index (χ1v) is 6.53. The summed E-state index contributed by atoms with van der Waals surface area (Å²) >= 11 is 15.3. The van der Waals surface area contributed by atoms with Gasteiger partial charge in [-0.2, -0.15) is 0 Å². The summed E-state index contributed by atoms with van der Waals surface area (Å²) in [5.74, 6) is 0.617. The van der Waals surface area contributed by atoms with Gasteiger partial charge in [0.2, 0.25) is 0 Å². The number of hydrogen-bond donors (Lipinski definition) is 0. The van der Waals surface area contributed by atoms with Gasteiger partial charge in [0.15, 0.2) is 0 Å². The highest BCUT2D eigenvalue weighted by Crippen LogP contribution is 2.34. The molecule has 0 radical (unpaired) electrons. The van der Waals surface area contributed by atoms with Crippen LogP contribution in [-0.2, 0) is 6.61 Å². The molecule has 88 valence electrons. The Morgan fingerprint density at radius 1 is 1.00 bits per heavy atom. The van der Waals surface area contributed by atoms with Crippen molar-refractivity contribution < 1.29 is 4.74 Å². The van der Waals surface area contributed by atoms with Crippen LogP contribution in [0.2, 0.25) is 10.0 Å². The largest absolute Gasteiger partial charge is 0.487 e. The molecule has 0 aromatic heterocycles. The zero-order chi connectivity index (χ0) is 12.3. The molecular formula is C13H9BrCl2O. The average Bonchev–Trinajstić information content (AvgIpc) is 2.33. The Balaban J connectivity index is 2.12. The monoisotopic (exact) mass is 330 g/mol. The molecule has 0 spiro atoms. The standard InChI is InChI=1S/C13H9BrCl2O/c14-10-6-13(12(16)7-11(10)15)17-8-9-4-2-1-3-5-9/h1-7H,8H2. The highest BCUT2D eigenvalue weighted by Gasteiger charge is 2.06. The lowest BCUT2D eigenvalue weighted by molar-refractivity contribution is 0.306. The quantitative estimate of drug-likeness (QED) is 0.690. The van der Waals surface area contributed by atoms with Crippen molar-refractivity contribution in [2.75, 3.05) is 0 Å². The van der Waals surface area contributed by atoms with Gasteiger partial charge < -0.3 is 4.74 Å². The second kappa shape index (κ2) is 5.76.